The van der Waals surface area contributed by atoms with Crippen LogP contribution in [-0.4, -0.2) is 11.8 Å². The summed E-state index contributed by atoms with van der Waals surface area (Å²) in [7, 11) is 2.40. The molecular weight excluding hydrogens is 755 g/mol. The molecular formula is C57H40BN2O2. The fourth-order valence-electron chi connectivity index (χ4n) is 10.3. The molecule has 4 heterocycles. The van der Waals surface area contributed by atoms with Crippen LogP contribution in [0.4, 0.5) is 11.4 Å². The predicted molar refractivity (Wildman–Crippen MR) is 262 cm³/mol. The van der Waals surface area contributed by atoms with E-state index in [4.69, 9.17) is 8.83 Å². The number of hydrogen-bond donors (Lipinski definition) is 1. The Morgan fingerprint density at radius 2 is 1.24 bits per heavy atom. The van der Waals surface area contributed by atoms with Crippen molar-refractivity contribution >= 4 is 106 Å². The average molecular weight is 796 g/mol. The van der Waals surface area contributed by atoms with Crippen LogP contribution in [0.1, 0.15) is 31.7 Å². The van der Waals surface area contributed by atoms with E-state index in [1.54, 1.807) is 0 Å². The molecule has 0 unspecified atom stereocenters. The van der Waals surface area contributed by atoms with Crippen molar-refractivity contribution in [1.82, 2.24) is 4.57 Å². The number of furan rings is 2. The van der Waals surface area contributed by atoms with Crippen LogP contribution in [0.25, 0.3) is 104 Å². The number of nitrogens with zero attached hydrogens (tertiary/aromatic N) is 1. The lowest BCUT2D eigenvalue weighted by Gasteiger charge is -2.25. The molecule has 12 aromatic rings. The first kappa shape index (κ1) is 35.3. The highest BCUT2D eigenvalue weighted by Gasteiger charge is 2.30. The fraction of sp³-hybridized carbons (Fsp3) is 0.0877. The summed E-state index contributed by atoms with van der Waals surface area (Å²) in [4.78, 5) is 0. The summed E-state index contributed by atoms with van der Waals surface area (Å²) in [5.41, 5.74) is 17.5. The predicted octanol–water partition coefficient (Wildman–Crippen LogP) is 14.5. The number of aromatic nitrogens is 1. The van der Waals surface area contributed by atoms with Gasteiger partial charge in [0.2, 0.25) is 0 Å². The molecule has 1 aliphatic rings. The molecule has 0 amide bonds. The van der Waals surface area contributed by atoms with Crippen molar-refractivity contribution in [3.05, 3.63) is 175 Å². The van der Waals surface area contributed by atoms with Gasteiger partial charge in [0.25, 0.3) is 0 Å². The van der Waals surface area contributed by atoms with E-state index in [1.807, 2.05) is 12.1 Å². The number of unbranched alkanes of at least 4 members (excludes halogenated alkanes) is 2. The standard InChI is InChI=1S/C57H40BN2O2/c1-2-3-4-13-34-22-26-37(27-23-34)59-47-19-10-7-16-39(47)45-31-43(36-24-28-42-40-17-8-11-20-50(40)61-52(42)30-36)55-54-38-15-6-5-14-35(38)25-29-48(54)60-49-32-44-41-18-9-12-21-51(41)62-53(44)33-46(49)58-56(45)57(55)60/h5-12,14-33,59H,2-4,13H2,1H3. The molecule has 293 valence electrons. The summed E-state index contributed by atoms with van der Waals surface area (Å²) >= 11 is 0. The Bertz CT molecular complexity index is 3770. The first-order valence-corrected chi connectivity index (χ1v) is 21.9. The first-order valence-electron chi connectivity index (χ1n) is 21.9. The molecule has 0 aliphatic carbocycles. The molecule has 0 fully saturated rings. The molecule has 5 heteroatoms. The number of aryl methyl sites for hydroxylation is 1. The monoisotopic (exact) mass is 795 g/mol. The first-order chi connectivity index (χ1) is 30.7. The van der Waals surface area contributed by atoms with E-state index < -0.39 is 0 Å². The van der Waals surface area contributed by atoms with Crippen LogP contribution in [0.15, 0.2) is 179 Å². The van der Waals surface area contributed by atoms with E-state index in [-0.39, 0.29) is 0 Å². The number of hydrogen-bond acceptors (Lipinski definition) is 3. The van der Waals surface area contributed by atoms with Gasteiger partial charge in [-0.2, -0.15) is 0 Å². The molecule has 1 aliphatic heterocycles. The van der Waals surface area contributed by atoms with Crippen molar-refractivity contribution < 1.29 is 8.83 Å². The number of anilines is 2. The number of benzene rings is 9. The van der Waals surface area contributed by atoms with Crippen molar-refractivity contribution in [2.75, 3.05) is 5.32 Å². The number of para-hydroxylation sites is 3. The average Bonchev–Trinajstić information content (AvgIpc) is 3.99. The van der Waals surface area contributed by atoms with Crippen LogP contribution in [0.5, 0.6) is 0 Å². The van der Waals surface area contributed by atoms with Crippen LogP contribution < -0.4 is 16.2 Å². The maximum Gasteiger partial charge on any atom is 0.198 e. The molecule has 0 atom stereocenters. The Morgan fingerprint density at radius 1 is 0.532 bits per heavy atom. The van der Waals surface area contributed by atoms with E-state index >= 15 is 0 Å². The summed E-state index contributed by atoms with van der Waals surface area (Å²) in [5, 5.41) is 13.3. The van der Waals surface area contributed by atoms with E-state index in [2.05, 4.69) is 182 Å². The number of fused-ring (bicyclic) bond motifs is 13. The van der Waals surface area contributed by atoms with Gasteiger partial charge in [-0.25, -0.2) is 0 Å². The lowest BCUT2D eigenvalue weighted by molar-refractivity contribution is 0.669. The Morgan fingerprint density at radius 3 is 2.06 bits per heavy atom. The van der Waals surface area contributed by atoms with Crippen LogP contribution >= 0.6 is 0 Å². The molecule has 0 bridgehead atoms. The third-order valence-corrected chi connectivity index (χ3v) is 13.2. The normalized spacial score (nSPS) is 12.3. The second-order valence-corrected chi connectivity index (χ2v) is 16.9. The van der Waals surface area contributed by atoms with E-state index in [0.717, 1.165) is 89.5 Å². The number of rotatable bonds is 8. The van der Waals surface area contributed by atoms with E-state index in [1.165, 1.54) is 68.4 Å². The van der Waals surface area contributed by atoms with Crippen molar-refractivity contribution in [3.63, 3.8) is 0 Å². The van der Waals surface area contributed by atoms with Gasteiger partial charge in [-0.3, -0.25) is 0 Å². The fourth-order valence-corrected chi connectivity index (χ4v) is 10.3. The quantitative estimate of drug-likeness (QED) is 0.123. The molecule has 0 saturated carbocycles. The van der Waals surface area contributed by atoms with Gasteiger partial charge >= 0.3 is 0 Å². The van der Waals surface area contributed by atoms with Gasteiger partial charge < -0.3 is 18.7 Å². The SMILES string of the molecule is CCCCCc1ccc(Nc2ccccc2-c2cc(-c3ccc4c(c3)oc3ccccc34)c3c4c5ccccc5ccc4n4c3c2[B]c2cc3oc5ccccc5c3cc2-4)cc1. The minimum Gasteiger partial charge on any atom is -0.456 e. The highest BCUT2D eigenvalue weighted by molar-refractivity contribution is 6.74. The Hall–Kier alpha value is -7.50. The summed E-state index contributed by atoms with van der Waals surface area (Å²) in [6.45, 7) is 2.26. The second-order valence-electron chi connectivity index (χ2n) is 16.9. The third kappa shape index (κ3) is 5.34. The van der Waals surface area contributed by atoms with Crippen LogP contribution in [0.3, 0.4) is 0 Å². The molecule has 0 saturated heterocycles. The zero-order valence-electron chi connectivity index (χ0n) is 34.3. The Balaban J connectivity index is 1.12. The molecule has 0 spiro atoms. The van der Waals surface area contributed by atoms with E-state index in [0.29, 0.717) is 0 Å². The lowest BCUT2D eigenvalue weighted by atomic mass is 9.58. The van der Waals surface area contributed by atoms with Crippen molar-refractivity contribution in [2.45, 2.75) is 32.6 Å². The lowest BCUT2D eigenvalue weighted by Crippen LogP contribution is -2.37. The highest BCUT2D eigenvalue weighted by atomic mass is 16.3. The number of nitrogens with one attached hydrogen (secondary N) is 1. The zero-order valence-corrected chi connectivity index (χ0v) is 34.3. The third-order valence-electron chi connectivity index (χ3n) is 13.2. The maximum atomic E-state index is 6.57. The molecule has 3 aromatic heterocycles. The highest BCUT2D eigenvalue weighted by Crippen LogP contribution is 2.46. The van der Waals surface area contributed by atoms with Crippen LogP contribution in [-0.2, 0) is 6.42 Å². The Labute approximate surface area is 359 Å². The molecule has 9 aromatic carbocycles. The van der Waals surface area contributed by atoms with Gasteiger partial charge in [-0.15, -0.1) is 0 Å². The molecule has 13 rings (SSSR count). The van der Waals surface area contributed by atoms with Crippen molar-refractivity contribution in [3.8, 4) is 27.9 Å². The second kappa shape index (κ2) is 13.8. The van der Waals surface area contributed by atoms with Crippen LogP contribution in [0.2, 0.25) is 0 Å². The molecule has 1 radical (unpaired) electrons. The summed E-state index contributed by atoms with van der Waals surface area (Å²) in [6, 6.07) is 61.7. The van der Waals surface area contributed by atoms with Crippen molar-refractivity contribution in [2.24, 2.45) is 0 Å². The van der Waals surface area contributed by atoms with Crippen LogP contribution in [0, 0.1) is 0 Å². The molecule has 1 N–H and O–H groups in total. The van der Waals surface area contributed by atoms with Gasteiger partial charge in [-0.1, -0.05) is 128 Å². The smallest absolute Gasteiger partial charge is 0.198 e. The maximum absolute atomic E-state index is 6.57. The van der Waals surface area contributed by atoms with E-state index in [9.17, 15) is 0 Å². The summed E-state index contributed by atoms with van der Waals surface area (Å²) in [5.74, 6) is 0. The topological polar surface area (TPSA) is 43.2 Å². The minimum atomic E-state index is 0.884. The van der Waals surface area contributed by atoms with Crippen molar-refractivity contribution in [1.29, 1.82) is 0 Å². The van der Waals surface area contributed by atoms with Gasteiger partial charge in [0.15, 0.2) is 7.28 Å². The van der Waals surface area contributed by atoms with Gasteiger partial charge in [0, 0.05) is 60.5 Å². The largest absolute Gasteiger partial charge is 0.456 e. The van der Waals surface area contributed by atoms with Gasteiger partial charge in [0.1, 0.15) is 22.3 Å². The summed E-state index contributed by atoms with van der Waals surface area (Å²) < 4.78 is 15.6. The summed E-state index contributed by atoms with van der Waals surface area (Å²) in [6.07, 6.45) is 4.81. The minimum absolute atomic E-state index is 0.884. The zero-order chi connectivity index (χ0) is 40.9. The van der Waals surface area contributed by atoms with Gasteiger partial charge in [0.05, 0.1) is 5.52 Å². The Kier molecular flexibility index (Phi) is 7.83. The molecule has 62 heavy (non-hydrogen) atoms. The molecule has 4 nitrogen and oxygen atoms in total. The van der Waals surface area contributed by atoms with Gasteiger partial charge in [-0.05, 0) is 118 Å².